The van der Waals surface area contributed by atoms with Crippen molar-refractivity contribution >= 4 is 34.1 Å². The van der Waals surface area contributed by atoms with Crippen molar-refractivity contribution in [2.24, 2.45) is 0 Å². The van der Waals surface area contributed by atoms with E-state index in [4.69, 9.17) is 21.8 Å². The summed E-state index contributed by atoms with van der Waals surface area (Å²) in [5.41, 5.74) is 4.66. The van der Waals surface area contributed by atoms with E-state index in [-0.39, 0.29) is 0 Å². The quantitative estimate of drug-likeness (QED) is 0.556. The molecule has 2 saturated heterocycles. The number of hydrogen-bond donors (Lipinski definition) is 2. The molecule has 0 bridgehead atoms. The van der Waals surface area contributed by atoms with Crippen LogP contribution in [0.1, 0.15) is 19.3 Å². The Morgan fingerprint density at radius 2 is 1.85 bits per heavy atom. The molecule has 2 N–H and O–H groups in total. The van der Waals surface area contributed by atoms with Gasteiger partial charge in [-0.05, 0) is 44.2 Å². The third kappa shape index (κ3) is 4.97. The average Bonchev–Trinajstić information content (AvgIpc) is 3.31. The van der Waals surface area contributed by atoms with Crippen molar-refractivity contribution in [3.8, 4) is 17.5 Å². The van der Waals surface area contributed by atoms with Gasteiger partial charge in [0.15, 0.2) is 5.65 Å². The van der Waals surface area contributed by atoms with Crippen molar-refractivity contribution in [3.05, 3.63) is 35.5 Å². The molecule has 0 unspecified atom stereocenters. The second-order valence-electron chi connectivity index (χ2n) is 9.27. The Balaban J connectivity index is 1.31. The number of rotatable bonds is 6. The molecule has 1 aromatic carbocycles. The molecule has 3 aromatic rings. The number of likely N-dealkylation sites (N-methyl/N-ethyl adjacent to an activating group) is 1. The van der Waals surface area contributed by atoms with E-state index in [9.17, 15) is 0 Å². The van der Waals surface area contributed by atoms with Gasteiger partial charge in [0.1, 0.15) is 11.3 Å². The fraction of sp³-hybridized carbons (Fsp3) is 0.480. The van der Waals surface area contributed by atoms with Crippen molar-refractivity contribution in [2.45, 2.75) is 25.3 Å². The summed E-state index contributed by atoms with van der Waals surface area (Å²) in [6, 6.07) is 11.2. The zero-order valence-corrected chi connectivity index (χ0v) is 20.4. The number of piperazine rings is 1. The molecule has 0 spiro atoms. The molecule has 0 atom stereocenters. The summed E-state index contributed by atoms with van der Waals surface area (Å²) in [6.07, 6.45) is 4.29. The Kier molecular flexibility index (Phi) is 6.86. The van der Waals surface area contributed by atoms with Crippen LogP contribution in [0, 0.1) is 11.3 Å². The highest BCUT2D eigenvalue weighted by Gasteiger charge is 2.22. The molecule has 2 aliphatic rings. The molecule has 2 aliphatic heterocycles. The Morgan fingerprint density at radius 3 is 2.56 bits per heavy atom. The molecular weight excluding hydrogens is 448 g/mol. The highest BCUT2D eigenvalue weighted by molar-refractivity contribution is 6.34. The minimum absolute atomic E-state index is 0.330. The Labute approximate surface area is 205 Å². The van der Waals surface area contributed by atoms with Crippen LogP contribution in [-0.4, -0.2) is 83.7 Å². The van der Waals surface area contributed by atoms with Crippen molar-refractivity contribution in [1.82, 2.24) is 24.8 Å². The molecule has 8 nitrogen and oxygen atoms in total. The lowest BCUT2D eigenvalue weighted by atomic mass is 10.0. The molecular formula is C25H31ClN8. The smallest absolute Gasteiger partial charge is 0.180 e. The van der Waals surface area contributed by atoms with E-state index in [1.807, 2.05) is 0 Å². The van der Waals surface area contributed by atoms with E-state index in [0.717, 1.165) is 81.2 Å². The molecule has 0 saturated carbocycles. The number of imidazole rings is 1. The van der Waals surface area contributed by atoms with Crippen LogP contribution in [0.2, 0.25) is 5.02 Å². The lowest BCUT2D eigenvalue weighted by Gasteiger charge is -2.34. The lowest BCUT2D eigenvalue weighted by Crippen LogP contribution is -2.44. The van der Waals surface area contributed by atoms with Crippen molar-refractivity contribution in [2.75, 3.05) is 63.1 Å². The van der Waals surface area contributed by atoms with Gasteiger partial charge in [-0.15, -0.1) is 0 Å². The van der Waals surface area contributed by atoms with Gasteiger partial charge >= 0.3 is 0 Å². The maximum atomic E-state index is 8.82. The summed E-state index contributed by atoms with van der Waals surface area (Å²) in [5.74, 6) is 0.795. The number of hydrogen-bond acceptors (Lipinski definition) is 7. The minimum Gasteiger partial charge on any atom is -0.379 e. The largest absolute Gasteiger partial charge is 0.379 e. The summed E-state index contributed by atoms with van der Waals surface area (Å²) >= 11 is 6.56. The molecule has 2 aromatic heterocycles. The Morgan fingerprint density at radius 1 is 1.12 bits per heavy atom. The lowest BCUT2D eigenvalue weighted by molar-refractivity contribution is 0.223. The monoisotopic (exact) mass is 478 g/mol. The highest BCUT2D eigenvalue weighted by Crippen LogP contribution is 2.32. The van der Waals surface area contributed by atoms with Crippen LogP contribution < -0.4 is 10.2 Å². The summed E-state index contributed by atoms with van der Waals surface area (Å²) in [4.78, 5) is 19.8. The third-order valence-corrected chi connectivity index (χ3v) is 7.25. The predicted molar refractivity (Wildman–Crippen MR) is 137 cm³/mol. The first-order valence-electron chi connectivity index (χ1n) is 12.0. The van der Waals surface area contributed by atoms with Crippen LogP contribution in [0.25, 0.3) is 22.6 Å². The van der Waals surface area contributed by atoms with Crippen LogP contribution >= 0.6 is 11.6 Å². The average molecular weight is 479 g/mol. The number of nitriles is 1. The number of benzene rings is 1. The first-order valence-corrected chi connectivity index (χ1v) is 12.4. The van der Waals surface area contributed by atoms with Gasteiger partial charge in [-0.2, -0.15) is 5.26 Å². The molecule has 5 rings (SSSR count). The number of nitrogens with zero attached hydrogens (tertiary/aromatic N) is 6. The van der Waals surface area contributed by atoms with Crippen molar-refractivity contribution in [3.63, 3.8) is 0 Å². The van der Waals surface area contributed by atoms with Gasteiger partial charge in [0.2, 0.25) is 0 Å². The van der Waals surface area contributed by atoms with Gasteiger partial charge in [0, 0.05) is 69.5 Å². The molecule has 0 aliphatic carbocycles. The van der Waals surface area contributed by atoms with Gasteiger partial charge in [-0.1, -0.05) is 11.6 Å². The normalized spacial score (nSPS) is 18.3. The SMILES string of the molecule is CN1CCN(c2ccc(-c3nc4ncc(Cl)c(NC5CCN(CCC#N)CC5)c4[nH]3)cc2)CC1. The van der Waals surface area contributed by atoms with Crippen molar-refractivity contribution in [1.29, 1.82) is 5.26 Å². The topological polar surface area (TPSA) is 87.1 Å². The Bertz CT molecular complexity index is 1150. The van der Waals surface area contributed by atoms with E-state index in [1.165, 1.54) is 5.69 Å². The molecule has 34 heavy (non-hydrogen) atoms. The van der Waals surface area contributed by atoms with Crippen LogP contribution in [-0.2, 0) is 0 Å². The summed E-state index contributed by atoms with van der Waals surface area (Å²) in [5, 5.41) is 13.1. The van der Waals surface area contributed by atoms with E-state index in [2.05, 4.69) is 67.4 Å². The first-order chi connectivity index (χ1) is 16.6. The summed E-state index contributed by atoms with van der Waals surface area (Å²) in [6.45, 7) is 7.10. The fourth-order valence-electron chi connectivity index (χ4n) is 4.82. The highest BCUT2D eigenvalue weighted by atomic mass is 35.5. The number of anilines is 2. The predicted octanol–water partition coefficient (Wildman–Crippen LogP) is 3.82. The molecule has 4 heterocycles. The van der Waals surface area contributed by atoms with Gasteiger partial charge in [-0.25, -0.2) is 9.97 Å². The van der Waals surface area contributed by atoms with E-state index in [0.29, 0.717) is 23.1 Å². The van der Waals surface area contributed by atoms with Gasteiger partial charge < -0.3 is 25.0 Å². The number of likely N-dealkylation sites (tertiary alicyclic amines) is 1. The Hall–Kier alpha value is -2.86. The summed E-state index contributed by atoms with van der Waals surface area (Å²) < 4.78 is 0. The number of pyridine rings is 1. The zero-order valence-electron chi connectivity index (χ0n) is 19.6. The van der Waals surface area contributed by atoms with Gasteiger partial charge in [0.05, 0.1) is 23.0 Å². The molecule has 2 fully saturated rings. The number of nitrogens with one attached hydrogen (secondary N) is 2. The number of H-pyrrole nitrogens is 1. The van der Waals surface area contributed by atoms with Crippen LogP contribution in [0.4, 0.5) is 11.4 Å². The van der Waals surface area contributed by atoms with Gasteiger partial charge in [-0.3, -0.25) is 0 Å². The van der Waals surface area contributed by atoms with E-state index in [1.54, 1.807) is 6.20 Å². The maximum absolute atomic E-state index is 8.82. The third-order valence-electron chi connectivity index (χ3n) is 6.96. The number of aromatic nitrogens is 3. The van der Waals surface area contributed by atoms with E-state index < -0.39 is 0 Å². The standard InChI is InChI=1S/C25H31ClN8/c1-32-13-15-34(16-14-32)20-5-3-18(4-6-20)24-30-23-22(21(26)17-28-25(23)31-24)29-19-7-11-33(12-8-19)10-2-9-27/h3-6,17,19H,2,7-8,10-16H2,1H3,(H2,28,29,30,31). The first kappa shape index (κ1) is 22.9. The summed E-state index contributed by atoms with van der Waals surface area (Å²) in [7, 11) is 2.17. The zero-order chi connectivity index (χ0) is 23.5. The van der Waals surface area contributed by atoms with Crippen LogP contribution in [0.3, 0.4) is 0 Å². The molecule has 178 valence electrons. The number of aromatic amines is 1. The van der Waals surface area contributed by atoms with Crippen LogP contribution in [0.5, 0.6) is 0 Å². The fourth-order valence-corrected chi connectivity index (χ4v) is 5.02. The maximum Gasteiger partial charge on any atom is 0.180 e. The minimum atomic E-state index is 0.330. The second kappa shape index (κ2) is 10.2. The molecule has 0 radical (unpaired) electrons. The number of halogens is 1. The number of fused-ring (bicyclic) bond motifs is 1. The van der Waals surface area contributed by atoms with E-state index >= 15 is 0 Å². The number of piperidine rings is 1. The van der Waals surface area contributed by atoms with Crippen LogP contribution in [0.15, 0.2) is 30.5 Å². The molecule has 9 heteroatoms. The van der Waals surface area contributed by atoms with Gasteiger partial charge in [0.25, 0.3) is 0 Å². The second-order valence-corrected chi connectivity index (χ2v) is 9.68. The molecule has 0 amide bonds. The van der Waals surface area contributed by atoms with Crippen molar-refractivity contribution < 1.29 is 0 Å².